The smallest absolute Gasteiger partial charge is 0.319 e. The van der Waals surface area contributed by atoms with Gasteiger partial charge < -0.3 is 25.8 Å². The summed E-state index contributed by atoms with van der Waals surface area (Å²) in [6.45, 7) is 11.8. The summed E-state index contributed by atoms with van der Waals surface area (Å²) < 4.78 is 0. The minimum Gasteiger partial charge on any atom is -0.341 e. The van der Waals surface area contributed by atoms with Crippen LogP contribution in [0.25, 0.3) is 0 Å². The molecule has 0 spiro atoms. The number of hydrogen-bond acceptors (Lipinski definition) is 4. The van der Waals surface area contributed by atoms with Crippen LogP contribution < -0.4 is 16.0 Å². The molecule has 0 aromatic heterocycles. The number of rotatable bonds is 10. The highest BCUT2D eigenvalue weighted by atomic mass is 16.2. The summed E-state index contributed by atoms with van der Waals surface area (Å²) in [6, 6.07) is 6.86. The molecule has 1 atom stereocenters. The van der Waals surface area contributed by atoms with E-state index in [1.54, 1.807) is 0 Å². The highest BCUT2D eigenvalue weighted by Crippen LogP contribution is 2.27. The second-order valence-corrected chi connectivity index (χ2v) is 9.76. The molecular weight excluding hydrogens is 414 g/mol. The summed E-state index contributed by atoms with van der Waals surface area (Å²) in [5.74, 6) is 0.292. The van der Waals surface area contributed by atoms with Gasteiger partial charge in [0.15, 0.2) is 0 Å². The van der Waals surface area contributed by atoms with E-state index in [2.05, 4.69) is 39.9 Å². The monoisotopic (exact) mass is 457 g/mol. The van der Waals surface area contributed by atoms with Gasteiger partial charge >= 0.3 is 6.03 Å². The second kappa shape index (κ2) is 12.9. The summed E-state index contributed by atoms with van der Waals surface area (Å²) >= 11 is 0. The average Bonchev–Trinajstić information content (AvgIpc) is 2.98. The standard InChI is InChI=1S/C26H43N5O2/c1-4-14-30(15-5-6-16-31-17-13-27-12-11-25(31)32)24-10-8-21-7-9-23(18-22(21)19-24)29-26(33)28-20(2)3/h7,9,18,20,24,27H,4-6,8,10-17,19H2,1-3H3,(H2,28,29,33). The molecule has 7 nitrogen and oxygen atoms in total. The fraction of sp³-hybridized carbons (Fsp3) is 0.692. The Kier molecular flexibility index (Phi) is 10.0. The van der Waals surface area contributed by atoms with Gasteiger partial charge in [-0.05, 0) is 88.7 Å². The lowest BCUT2D eigenvalue weighted by atomic mass is 9.87. The van der Waals surface area contributed by atoms with E-state index in [4.69, 9.17) is 0 Å². The number of amides is 3. The van der Waals surface area contributed by atoms with Gasteiger partial charge in [-0.2, -0.15) is 0 Å². The average molecular weight is 458 g/mol. The number of carbonyl (C=O) groups excluding carboxylic acids is 2. The van der Waals surface area contributed by atoms with Crippen LogP contribution in [0.5, 0.6) is 0 Å². The minimum atomic E-state index is -0.149. The molecule has 7 heteroatoms. The lowest BCUT2D eigenvalue weighted by molar-refractivity contribution is -0.130. The number of carbonyl (C=O) groups is 2. The van der Waals surface area contributed by atoms with Gasteiger partial charge in [-0.25, -0.2) is 4.79 Å². The first-order valence-electron chi connectivity index (χ1n) is 12.9. The topological polar surface area (TPSA) is 76.7 Å². The first-order valence-corrected chi connectivity index (χ1v) is 12.9. The molecule has 0 radical (unpaired) electrons. The highest BCUT2D eigenvalue weighted by molar-refractivity contribution is 5.89. The summed E-state index contributed by atoms with van der Waals surface area (Å²) in [6.07, 6.45) is 7.27. The van der Waals surface area contributed by atoms with Crippen molar-refractivity contribution >= 4 is 17.6 Å². The van der Waals surface area contributed by atoms with Gasteiger partial charge in [0.25, 0.3) is 0 Å². The maximum atomic E-state index is 12.2. The van der Waals surface area contributed by atoms with E-state index >= 15 is 0 Å². The molecule has 1 aromatic carbocycles. The number of urea groups is 1. The predicted molar refractivity (Wildman–Crippen MR) is 135 cm³/mol. The van der Waals surface area contributed by atoms with Gasteiger partial charge in [-0.1, -0.05) is 13.0 Å². The number of nitrogens with one attached hydrogen (secondary N) is 3. The van der Waals surface area contributed by atoms with Crippen molar-refractivity contribution in [1.82, 2.24) is 20.4 Å². The molecule has 2 aliphatic rings. The van der Waals surface area contributed by atoms with Crippen molar-refractivity contribution < 1.29 is 9.59 Å². The third-order valence-corrected chi connectivity index (χ3v) is 6.66. The van der Waals surface area contributed by atoms with Crippen molar-refractivity contribution in [2.24, 2.45) is 0 Å². The van der Waals surface area contributed by atoms with Crippen LogP contribution in [0.1, 0.15) is 64.0 Å². The predicted octanol–water partition coefficient (Wildman–Crippen LogP) is 3.39. The number of anilines is 1. The van der Waals surface area contributed by atoms with Crippen molar-refractivity contribution in [1.29, 1.82) is 0 Å². The maximum Gasteiger partial charge on any atom is 0.319 e. The van der Waals surface area contributed by atoms with Gasteiger partial charge in [0.1, 0.15) is 0 Å². The Balaban J connectivity index is 1.52. The Morgan fingerprint density at radius 1 is 1.18 bits per heavy atom. The fourth-order valence-electron chi connectivity index (χ4n) is 4.99. The number of hydrogen-bond donors (Lipinski definition) is 3. The summed E-state index contributed by atoms with van der Waals surface area (Å²) in [7, 11) is 0. The first-order chi connectivity index (χ1) is 16.0. The Morgan fingerprint density at radius 2 is 2.03 bits per heavy atom. The molecule has 1 saturated heterocycles. The van der Waals surface area contributed by atoms with Gasteiger partial charge in [0.05, 0.1) is 0 Å². The Bertz CT molecular complexity index is 782. The van der Waals surface area contributed by atoms with Crippen LogP contribution in [0.3, 0.4) is 0 Å². The van der Waals surface area contributed by atoms with Crippen molar-refractivity contribution in [3.05, 3.63) is 29.3 Å². The Morgan fingerprint density at radius 3 is 2.82 bits per heavy atom. The lowest BCUT2D eigenvalue weighted by Gasteiger charge is -2.35. The molecule has 0 saturated carbocycles. The minimum absolute atomic E-state index is 0.115. The molecule has 3 rings (SSSR count). The third-order valence-electron chi connectivity index (χ3n) is 6.66. The molecule has 184 valence electrons. The van der Waals surface area contributed by atoms with Crippen molar-refractivity contribution in [3.8, 4) is 0 Å². The number of nitrogens with zero attached hydrogens (tertiary/aromatic N) is 2. The largest absolute Gasteiger partial charge is 0.341 e. The van der Waals surface area contributed by atoms with E-state index in [9.17, 15) is 9.59 Å². The molecule has 1 heterocycles. The Hall–Kier alpha value is -2.12. The lowest BCUT2D eigenvalue weighted by Crippen LogP contribution is -2.41. The van der Waals surface area contributed by atoms with E-state index in [1.165, 1.54) is 17.5 Å². The van der Waals surface area contributed by atoms with Crippen molar-refractivity contribution in [3.63, 3.8) is 0 Å². The van der Waals surface area contributed by atoms with Crippen LogP contribution in [-0.2, 0) is 17.6 Å². The zero-order valence-corrected chi connectivity index (χ0v) is 20.8. The van der Waals surface area contributed by atoms with Crippen LogP contribution >= 0.6 is 0 Å². The van der Waals surface area contributed by atoms with Crippen molar-refractivity contribution in [2.45, 2.75) is 77.8 Å². The van der Waals surface area contributed by atoms with Crippen LogP contribution in [0, 0.1) is 0 Å². The third kappa shape index (κ3) is 8.00. The van der Waals surface area contributed by atoms with E-state index in [0.29, 0.717) is 18.4 Å². The van der Waals surface area contributed by atoms with Gasteiger partial charge in [0, 0.05) is 50.4 Å². The van der Waals surface area contributed by atoms with E-state index in [-0.39, 0.29) is 12.1 Å². The maximum absolute atomic E-state index is 12.2. The van der Waals surface area contributed by atoms with Crippen LogP contribution in [-0.4, -0.2) is 73.1 Å². The van der Waals surface area contributed by atoms with Crippen LogP contribution in [0.15, 0.2) is 18.2 Å². The summed E-state index contributed by atoms with van der Waals surface area (Å²) in [5.41, 5.74) is 3.63. The highest BCUT2D eigenvalue weighted by Gasteiger charge is 2.24. The second-order valence-electron chi connectivity index (χ2n) is 9.76. The summed E-state index contributed by atoms with van der Waals surface area (Å²) in [5, 5.41) is 9.17. The van der Waals surface area contributed by atoms with Crippen LogP contribution in [0.4, 0.5) is 10.5 Å². The zero-order valence-electron chi connectivity index (χ0n) is 20.8. The number of aryl methyl sites for hydroxylation is 1. The van der Waals surface area contributed by atoms with Crippen LogP contribution in [0.2, 0.25) is 0 Å². The molecule has 1 fully saturated rings. The normalized spacial score (nSPS) is 18.9. The molecule has 33 heavy (non-hydrogen) atoms. The Labute approximate surface area is 199 Å². The van der Waals surface area contributed by atoms with Gasteiger partial charge in [-0.3, -0.25) is 4.79 Å². The molecule has 1 aliphatic heterocycles. The molecular formula is C26H43N5O2. The van der Waals surface area contributed by atoms with Gasteiger partial charge in [-0.15, -0.1) is 0 Å². The quantitative estimate of drug-likeness (QED) is 0.471. The van der Waals surface area contributed by atoms with E-state index < -0.39 is 0 Å². The molecule has 1 unspecified atom stereocenters. The first kappa shape index (κ1) is 25.5. The van der Waals surface area contributed by atoms with Gasteiger partial charge in [0.2, 0.25) is 5.91 Å². The summed E-state index contributed by atoms with van der Waals surface area (Å²) in [4.78, 5) is 29.0. The van der Waals surface area contributed by atoms with E-state index in [1.807, 2.05) is 24.8 Å². The fourth-order valence-corrected chi connectivity index (χ4v) is 4.99. The van der Waals surface area contributed by atoms with E-state index in [0.717, 1.165) is 77.1 Å². The van der Waals surface area contributed by atoms with Crippen molar-refractivity contribution in [2.75, 3.05) is 44.6 Å². The SMILES string of the molecule is CCCN(CCCCN1CCNCCC1=O)C1CCc2ccc(NC(=O)NC(C)C)cc2C1. The molecule has 3 N–H and O–H groups in total. The zero-order chi connectivity index (χ0) is 23.6. The molecule has 0 bridgehead atoms. The number of unbranched alkanes of at least 4 members (excludes halogenated alkanes) is 1. The number of benzene rings is 1. The molecule has 1 aromatic rings. The number of fused-ring (bicyclic) bond motifs is 1. The molecule has 3 amide bonds. The molecule has 1 aliphatic carbocycles.